The third kappa shape index (κ3) is 7.20. The smallest absolute Gasteiger partial charge is 0.251 e. The molecule has 0 saturated heterocycles. The molecule has 0 saturated carbocycles. The van der Waals surface area contributed by atoms with Gasteiger partial charge in [0.15, 0.2) is 0 Å². The number of carbonyl (C=O) groups excluding carboxylic acids is 3. The molecule has 0 aliphatic rings. The van der Waals surface area contributed by atoms with Crippen molar-refractivity contribution >= 4 is 17.7 Å². The van der Waals surface area contributed by atoms with Gasteiger partial charge >= 0.3 is 0 Å². The summed E-state index contributed by atoms with van der Waals surface area (Å²) in [6, 6.07) is 11.0. The molecule has 0 bridgehead atoms. The van der Waals surface area contributed by atoms with Crippen molar-refractivity contribution in [2.75, 3.05) is 26.7 Å². The first-order valence-corrected chi connectivity index (χ1v) is 9.64. The Kier molecular flexibility index (Phi) is 8.80. The second kappa shape index (κ2) is 11.5. The molecule has 3 amide bonds. The van der Waals surface area contributed by atoms with Crippen molar-refractivity contribution in [1.29, 1.82) is 0 Å². The summed E-state index contributed by atoms with van der Waals surface area (Å²) in [4.78, 5) is 35.8. The van der Waals surface area contributed by atoms with Gasteiger partial charge in [-0.2, -0.15) is 0 Å². The molecule has 8 heteroatoms. The molecule has 3 N–H and O–H groups in total. The normalized spacial score (nSPS) is 10.2. The first-order valence-electron chi connectivity index (χ1n) is 9.64. The quantitative estimate of drug-likeness (QED) is 0.519. The summed E-state index contributed by atoms with van der Waals surface area (Å²) in [5.74, 6) is -0.553. The lowest BCUT2D eigenvalue weighted by molar-refractivity contribution is -0.121. The average molecular weight is 415 g/mol. The van der Waals surface area contributed by atoms with E-state index in [4.69, 9.17) is 4.74 Å². The van der Waals surface area contributed by atoms with Crippen LogP contribution in [0, 0.1) is 12.7 Å². The Morgan fingerprint density at radius 2 is 1.47 bits per heavy atom. The van der Waals surface area contributed by atoms with E-state index in [1.165, 1.54) is 6.07 Å². The Hall–Kier alpha value is -3.42. The molecule has 0 spiro atoms. The number of ether oxygens (including phenoxy) is 1. The van der Waals surface area contributed by atoms with Crippen LogP contribution in [0.4, 0.5) is 4.39 Å². The molecule has 0 aromatic heterocycles. The van der Waals surface area contributed by atoms with Crippen molar-refractivity contribution in [3.8, 4) is 5.75 Å². The minimum Gasteiger partial charge on any atom is -0.497 e. The molecule has 0 radical (unpaired) electrons. The van der Waals surface area contributed by atoms with Crippen LogP contribution in [-0.2, 0) is 4.79 Å². The number of halogens is 1. The van der Waals surface area contributed by atoms with Crippen LogP contribution < -0.4 is 20.7 Å². The molecule has 160 valence electrons. The number of hydrogen-bond acceptors (Lipinski definition) is 4. The van der Waals surface area contributed by atoms with Crippen molar-refractivity contribution in [3.63, 3.8) is 0 Å². The molecule has 2 aromatic rings. The number of aryl methyl sites for hydroxylation is 1. The van der Waals surface area contributed by atoms with Gasteiger partial charge in [-0.15, -0.1) is 0 Å². The van der Waals surface area contributed by atoms with Gasteiger partial charge in [-0.1, -0.05) is 6.07 Å². The molecule has 0 heterocycles. The number of amides is 3. The Bertz CT molecular complexity index is 884. The minimum atomic E-state index is -0.435. The predicted octanol–water partition coefficient (Wildman–Crippen LogP) is 2.20. The van der Waals surface area contributed by atoms with Crippen LogP contribution >= 0.6 is 0 Å². The van der Waals surface area contributed by atoms with Gasteiger partial charge in [0.05, 0.1) is 7.11 Å². The number of benzene rings is 2. The van der Waals surface area contributed by atoms with Gasteiger partial charge < -0.3 is 20.7 Å². The van der Waals surface area contributed by atoms with E-state index in [1.54, 1.807) is 50.4 Å². The molecule has 2 aromatic carbocycles. The van der Waals surface area contributed by atoms with Crippen molar-refractivity contribution in [2.45, 2.75) is 19.8 Å². The molecule has 0 atom stereocenters. The molecular formula is C22H26FN3O4. The van der Waals surface area contributed by atoms with Crippen LogP contribution in [0.5, 0.6) is 5.75 Å². The van der Waals surface area contributed by atoms with Crippen molar-refractivity contribution < 1.29 is 23.5 Å². The van der Waals surface area contributed by atoms with Gasteiger partial charge in [-0.05, 0) is 55.3 Å². The summed E-state index contributed by atoms with van der Waals surface area (Å²) < 4.78 is 18.5. The number of nitrogens with one attached hydrogen (secondary N) is 3. The highest BCUT2D eigenvalue weighted by molar-refractivity contribution is 5.94. The van der Waals surface area contributed by atoms with E-state index in [2.05, 4.69) is 16.0 Å². The van der Waals surface area contributed by atoms with Crippen LogP contribution in [0.15, 0.2) is 42.5 Å². The Labute approximate surface area is 175 Å². The molecule has 0 aliphatic carbocycles. The second-order valence-corrected chi connectivity index (χ2v) is 6.66. The van der Waals surface area contributed by atoms with Crippen molar-refractivity contribution in [3.05, 3.63) is 65.0 Å². The lowest BCUT2D eigenvalue weighted by Crippen LogP contribution is -2.35. The maximum Gasteiger partial charge on any atom is 0.251 e. The highest BCUT2D eigenvalue weighted by Crippen LogP contribution is 2.11. The number of carbonyl (C=O) groups is 3. The SMILES string of the molecule is COc1ccc(C(=O)NCCCC(=O)NCCNC(=O)c2ccc(C)c(F)c2)cc1. The van der Waals surface area contributed by atoms with Crippen LogP contribution in [0.3, 0.4) is 0 Å². The molecule has 0 aliphatic heterocycles. The number of hydrogen-bond donors (Lipinski definition) is 3. The highest BCUT2D eigenvalue weighted by Gasteiger charge is 2.08. The maximum absolute atomic E-state index is 13.5. The third-order valence-corrected chi connectivity index (χ3v) is 4.39. The lowest BCUT2D eigenvalue weighted by atomic mass is 10.1. The van der Waals surface area contributed by atoms with Gasteiger partial charge in [0.1, 0.15) is 11.6 Å². The van der Waals surface area contributed by atoms with E-state index in [9.17, 15) is 18.8 Å². The number of methoxy groups -OCH3 is 1. The largest absolute Gasteiger partial charge is 0.497 e. The molecule has 0 unspecified atom stereocenters. The summed E-state index contributed by atoms with van der Waals surface area (Å²) in [5, 5.41) is 8.06. The standard InChI is InChI=1S/C22H26FN3O4/c1-15-5-6-17(14-19(15)23)22(29)26-13-12-24-20(27)4-3-11-25-21(28)16-7-9-18(30-2)10-8-16/h5-10,14H,3-4,11-13H2,1-2H3,(H,24,27)(H,25,28)(H,26,29). The summed E-state index contributed by atoms with van der Waals surface area (Å²) in [5.41, 5.74) is 1.22. The minimum absolute atomic E-state index is 0.177. The Balaban J connectivity index is 1.58. The summed E-state index contributed by atoms with van der Waals surface area (Å²) >= 11 is 0. The monoisotopic (exact) mass is 415 g/mol. The van der Waals surface area contributed by atoms with Crippen LogP contribution in [0.1, 0.15) is 39.1 Å². The first kappa shape index (κ1) is 22.9. The van der Waals surface area contributed by atoms with E-state index in [0.29, 0.717) is 29.8 Å². The van der Waals surface area contributed by atoms with Crippen LogP contribution in [0.2, 0.25) is 0 Å². The molecule has 7 nitrogen and oxygen atoms in total. The van der Waals surface area contributed by atoms with Crippen molar-refractivity contribution in [1.82, 2.24) is 16.0 Å². The Morgan fingerprint density at radius 3 is 2.13 bits per heavy atom. The highest BCUT2D eigenvalue weighted by atomic mass is 19.1. The van der Waals surface area contributed by atoms with Crippen LogP contribution in [-0.4, -0.2) is 44.5 Å². The molecule has 2 rings (SSSR count). The fourth-order valence-electron chi connectivity index (χ4n) is 2.60. The van der Waals surface area contributed by atoms with Gasteiger partial charge in [-0.3, -0.25) is 14.4 Å². The van der Waals surface area contributed by atoms with Crippen molar-refractivity contribution in [2.24, 2.45) is 0 Å². The zero-order chi connectivity index (χ0) is 21.9. The second-order valence-electron chi connectivity index (χ2n) is 6.66. The first-order chi connectivity index (χ1) is 14.4. The summed E-state index contributed by atoms with van der Waals surface area (Å²) in [6.45, 7) is 2.48. The third-order valence-electron chi connectivity index (χ3n) is 4.39. The Morgan fingerprint density at radius 1 is 0.867 bits per heavy atom. The predicted molar refractivity (Wildman–Crippen MR) is 111 cm³/mol. The topological polar surface area (TPSA) is 96.5 Å². The van der Waals surface area contributed by atoms with Gasteiger partial charge in [0, 0.05) is 37.2 Å². The molecule has 30 heavy (non-hydrogen) atoms. The van der Waals surface area contributed by atoms with Gasteiger partial charge in [-0.25, -0.2) is 4.39 Å². The van der Waals surface area contributed by atoms with E-state index in [-0.39, 0.29) is 36.9 Å². The fourth-order valence-corrected chi connectivity index (χ4v) is 2.60. The van der Waals surface area contributed by atoms with Gasteiger partial charge in [0.2, 0.25) is 5.91 Å². The van der Waals surface area contributed by atoms with E-state index in [0.717, 1.165) is 0 Å². The molecule has 0 fully saturated rings. The number of rotatable bonds is 10. The zero-order valence-corrected chi connectivity index (χ0v) is 17.1. The maximum atomic E-state index is 13.5. The van der Waals surface area contributed by atoms with E-state index < -0.39 is 11.7 Å². The van der Waals surface area contributed by atoms with E-state index in [1.807, 2.05) is 0 Å². The summed E-state index contributed by atoms with van der Waals surface area (Å²) in [7, 11) is 1.55. The van der Waals surface area contributed by atoms with E-state index >= 15 is 0 Å². The van der Waals surface area contributed by atoms with Crippen LogP contribution in [0.25, 0.3) is 0 Å². The van der Waals surface area contributed by atoms with Gasteiger partial charge in [0.25, 0.3) is 11.8 Å². The molecular weight excluding hydrogens is 389 g/mol. The average Bonchev–Trinajstić information content (AvgIpc) is 2.75. The lowest BCUT2D eigenvalue weighted by Gasteiger charge is -2.08. The zero-order valence-electron chi connectivity index (χ0n) is 17.1. The fraction of sp³-hybridized carbons (Fsp3) is 0.318. The summed E-state index contributed by atoms with van der Waals surface area (Å²) in [6.07, 6.45) is 0.739.